The summed E-state index contributed by atoms with van der Waals surface area (Å²) >= 11 is 0. The highest BCUT2D eigenvalue weighted by Gasteiger charge is 2.32. The normalized spacial score (nSPS) is 20.6. The van der Waals surface area contributed by atoms with Crippen molar-refractivity contribution in [1.29, 1.82) is 0 Å². The molecule has 134 valence electrons. The lowest BCUT2D eigenvalue weighted by Gasteiger charge is -2.32. The molecule has 0 aromatic carbocycles. The van der Waals surface area contributed by atoms with Gasteiger partial charge in [0, 0.05) is 31.6 Å². The molecule has 4 rings (SSSR count). The molecule has 1 amide bonds. The minimum atomic E-state index is -0.311. The van der Waals surface area contributed by atoms with Crippen LogP contribution in [0.15, 0.2) is 15.3 Å². The molecule has 0 spiro atoms. The first-order valence-corrected chi connectivity index (χ1v) is 8.82. The van der Waals surface area contributed by atoms with E-state index in [1.807, 2.05) is 11.8 Å². The number of aromatic nitrogens is 2. The maximum Gasteiger partial charge on any atom is 0.266 e. The molecule has 1 aliphatic carbocycles. The van der Waals surface area contributed by atoms with E-state index in [1.165, 1.54) is 10.7 Å². The summed E-state index contributed by atoms with van der Waals surface area (Å²) in [5, 5.41) is 2.99. The zero-order valence-corrected chi connectivity index (χ0v) is 14.6. The summed E-state index contributed by atoms with van der Waals surface area (Å²) in [6, 6.07) is 1.53. The highest BCUT2D eigenvalue weighted by Crippen LogP contribution is 2.31. The van der Waals surface area contributed by atoms with Crippen LogP contribution in [-0.2, 0) is 24.6 Å². The van der Waals surface area contributed by atoms with Gasteiger partial charge in [0.25, 0.3) is 11.5 Å². The van der Waals surface area contributed by atoms with Crippen molar-refractivity contribution < 1.29 is 13.9 Å². The summed E-state index contributed by atoms with van der Waals surface area (Å²) < 4.78 is 13.0. The van der Waals surface area contributed by atoms with Crippen molar-refractivity contribution in [2.45, 2.75) is 38.7 Å². The molecule has 1 saturated heterocycles. The Bertz CT molecular complexity index is 860. The Balaban J connectivity index is 1.58. The summed E-state index contributed by atoms with van der Waals surface area (Å²) in [7, 11) is 1.67. The fourth-order valence-corrected chi connectivity index (χ4v) is 3.84. The molecule has 0 saturated carbocycles. The van der Waals surface area contributed by atoms with Crippen molar-refractivity contribution >= 4 is 5.91 Å². The Labute approximate surface area is 145 Å². The van der Waals surface area contributed by atoms with Gasteiger partial charge in [-0.05, 0) is 26.2 Å². The Morgan fingerprint density at radius 1 is 1.32 bits per heavy atom. The fraction of sp³-hybridized carbons (Fsp3) is 0.556. The zero-order valence-electron chi connectivity index (χ0n) is 14.6. The minimum Gasteiger partial charge on any atom is -0.465 e. The molecule has 1 aliphatic heterocycles. The van der Waals surface area contributed by atoms with E-state index in [0.717, 1.165) is 42.6 Å². The van der Waals surface area contributed by atoms with Crippen LogP contribution in [0.5, 0.6) is 0 Å². The van der Waals surface area contributed by atoms with Crippen LogP contribution >= 0.6 is 0 Å². The standard InChI is InChI=1S/C18H23N3O4/c1-11-17(12-5-3-4-6-14(12)25-11)18(23)21-7-8-24-15(10-21)13-9-16(22)20(2)19-13/h9,15,19H,3-8,10H2,1-2H3. The van der Waals surface area contributed by atoms with Gasteiger partial charge in [0.15, 0.2) is 0 Å². The van der Waals surface area contributed by atoms with Crippen molar-refractivity contribution in [2.24, 2.45) is 7.05 Å². The van der Waals surface area contributed by atoms with Crippen LogP contribution in [0.25, 0.3) is 0 Å². The number of carbonyl (C=O) groups is 1. The molecule has 1 unspecified atom stereocenters. The number of rotatable bonds is 2. The SMILES string of the molecule is Cc1oc2c(c1C(=O)N1CCOC(c3cc(=O)n(C)[nH]3)C1)CCCC2. The van der Waals surface area contributed by atoms with Gasteiger partial charge < -0.3 is 14.1 Å². The Morgan fingerprint density at radius 2 is 2.12 bits per heavy atom. The summed E-state index contributed by atoms with van der Waals surface area (Å²) in [5.74, 6) is 1.70. The second kappa shape index (κ2) is 6.22. The van der Waals surface area contributed by atoms with E-state index in [4.69, 9.17) is 9.15 Å². The topological polar surface area (TPSA) is 80.5 Å². The van der Waals surface area contributed by atoms with E-state index in [9.17, 15) is 9.59 Å². The second-order valence-electron chi connectivity index (χ2n) is 6.86. The van der Waals surface area contributed by atoms with Gasteiger partial charge in [-0.25, -0.2) is 0 Å². The molecular formula is C18H23N3O4. The summed E-state index contributed by atoms with van der Waals surface area (Å²) in [4.78, 5) is 26.6. The van der Waals surface area contributed by atoms with E-state index in [1.54, 1.807) is 7.05 Å². The molecule has 2 aromatic rings. The molecule has 7 heteroatoms. The van der Waals surface area contributed by atoms with Gasteiger partial charge in [-0.3, -0.25) is 19.4 Å². The highest BCUT2D eigenvalue weighted by molar-refractivity contribution is 5.97. The third-order valence-corrected chi connectivity index (χ3v) is 5.17. The lowest BCUT2D eigenvalue weighted by Crippen LogP contribution is -2.42. The van der Waals surface area contributed by atoms with Crippen LogP contribution in [-0.4, -0.2) is 40.3 Å². The van der Waals surface area contributed by atoms with Crippen molar-refractivity contribution in [3.05, 3.63) is 44.8 Å². The van der Waals surface area contributed by atoms with Gasteiger partial charge in [-0.2, -0.15) is 0 Å². The quantitative estimate of drug-likeness (QED) is 0.898. The molecule has 0 radical (unpaired) electrons. The third kappa shape index (κ3) is 2.82. The summed E-state index contributed by atoms with van der Waals surface area (Å²) in [5.41, 5.74) is 2.42. The number of ether oxygens (including phenoxy) is 1. The molecule has 2 aliphatic rings. The molecule has 25 heavy (non-hydrogen) atoms. The molecule has 1 atom stereocenters. The number of aromatic amines is 1. The molecule has 1 fully saturated rings. The number of H-pyrrole nitrogens is 1. The maximum absolute atomic E-state index is 13.1. The Kier molecular flexibility index (Phi) is 4.03. The third-order valence-electron chi connectivity index (χ3n) is 5.17. The van der Waals surface area contributed by atoms with Gasteiger partial charge >= 0.3 is 0 Å². The number of nitrogens with zero attached hydrogens (tertiary/aromatic N) is 2. The van der Waals surface area contributed by atoms with Crippen LogP contribution < -0.4 is 5.56 Å². The maximum atomic E-state index is 13.1. The molecule has 7 nitrogen and oxygen atoms in total. The van der Waals surface area contributed by atoms with E-state index >= 15 is 0 Å². The van der Waals surface area contributed by atoms with E-state index in [2.05, 4.69) is 5.10 Å². The number of amides is 1. The number of aryl methyl sites for hydroxylation is 3. The smallest absolute Gasteiger partial charge is 0.266 e. The molecule has 1 N–H and O–H groups in total. The van der Waals surface area contributed by atoms with E-state index < -0.39 is 0 Å². The first kappa shape index (κ1) is 16.2. The number of fused-ring (bicyclic) bond motifs is 1. The molecular weight excluding hydrogens is 322 g/mol. The van der Waals surface area contributed by atoms with Crippen molar-refractivity contribution in [2.75, 3.05) is 19.7 Å². The van der Waals surface area contributed by atoms with Crippen molar-refractivity contribution in [3.63, 3.8) is 0 Å². The number of hydrogen-bond acceptors (Lipinski definition) is 4. The molecule has 0 bridgehead atoms. The second-order valence-corrected chi connectivity index (χ2v) is 6.86. The van der Waals surface area contributed by atoms with Gasteiger partial charge in [0.05, 0.1) is 24.4 Å². The van der Waals surface area contributed by atoms with Crippen molar-refractivity contribution in [1.82, 2.24) is 14.7 Å². The number of hydrogen-bond donors (Lipinski definition) is 1. The van der Waals surface area contributed by atoms with Gasteiger partial charge in [-0.1, -0.05) is 0 Å². The predicted octanol–water partition coefficient (Wildman–Crippen LogP) is 1.71. The molecule has 3 heterocycles. The number of morpholine rings is 1. The summed E-state index contributed by atoms with van der Waals surface area (Å²) in [6.07, 6.45) is 3.74. The first-order chi connectivity index (χ1) is 12.0. The average molecular weight is 345 g/mol. The lowest BCUT2D eigenvalue weighted by molar-refractivity contribution is -0.0250. The van der Waals surface area contributed by atoms with Crippen LogP contribution in [0.4, 0.5) is 0 Å². The lowest BCUT2D eigenvalue weighted by atomic mass is 9.94. The molecule has 2 aromatic heterocycles. The monoisotopic (exact) mass is 345 g/mol. The van der Waals surface area contributed by atoms with E-state index in [0.29, 0.717) is 31.2 Å². The average Bonchev–Trinajstić information content (AvgIpc) is 3.13. The number of nitrogens with one attached hydrogen (secondary N) is 1. The minimum absolute atomic E-state index is 0.0102. The van der Waals surface area contributed by atoms with Crippen LogP contribution in [0, 0.1) is 6.92 Å². The predicted molar refractivity (Wildman–Crippen MR) is 90.7 cm³/mol. The van der Waals surface area contributed by atoms with Gasteiger partial charge in [-0.15, -0.1) is 0 Å². The van der Waals surface area contributed by atoms with Gasteiger partial charge in [0.1, 0.15) is 17.6 Å². The van der Waals surface area contributed by atoms with Crippen LogP contribution in [0.3, 0.4) is 0 Å². The van der Waals surface area contributed by atoms with Gasteiger partial charge in [0.2, 0.25) is 0 Å². The van der Waals surface area contributed by atoms with Crippen LogP contribution in [0.1, 0.15) is 52.1 Å². The number of carbonyl (C=O) groups excluding carboxylic acids is 1. The first-order valence-electron chi connectivity index (χ1n) is 8.82. The van der Waals surface area contributed by atoms with E-state index in [-0.39, 0.29) is 17.6 Å². The Hall–Kier alpha value is -2.28. The highest BCUT2D eigenvalue weighted by atomic mass is 16.5. The Morgan fingerprint density at radius 3 is 2.88 bits per heavy atom. The largest absolute Gasteiger partial charge is 0.465 e. The zero-order chi connectivity index (χ0) is 17.6. The summed E-state index contributed by atoms with van der Waals surface area (Å²) in [6.45, 7) is 3.30. The fourth-order valence-electron chi connectivity index (χ4n) is 3.84. The van der Waals surface area contributed by atoms with Crippen LogP contribution in [0.2, 0.25) is 0 Å². The number of furan rings is 1. The van der Waals surface area contributed by atoms with Crippen molar-refractivity contribution in [3.8, 4) is 0 Å².